The Balaban J connectivity index is 0.00000306. The maximum Gasteiger partial charge on any atom is 1.00 e. The van der Waals surface area contributed by atoms with E-state index in [4.69, 9.17) is 21.7 Å². The molecule has 1 unspecified atom stereocenters. The molecule has 14 heteroatoms. The summed E-state index contributed by atoms with van der Waals surface area (Å²) >= 11 is 5.11. The average Bonchev–Trinajstić information content (AvgIpc) is 3.18. The Hall–Kier alpha value is -1.36. The molecule has 4 rings (SSSR count). The summed E-state index contributed by atoms with van der Waals surface area (Å²) < 4.78 is 46.8. The first kappa shape index (κ1) is 26.2. The molecule has 2 heterocycles. The number of hydrogen-bond donors (Lipinski definition) is 2. The zero-order valence-corrected chi connectivity index (χ0v) is 22.7. The van der Waals surface area contributed by atoms with Gasteiger partial charge in [-0.1, -0.05) is 16.4 Å². The second kappa shape index (κ2) is 11.4. The van der Waals surface area contributed by atoms with Gasteiger partial charge in [-0.2, -0.15) is 5.21 Å². The van der Waals surface area contributed by atoms with Gasteiger partial charge in [-0.15, -0.1) is 0 Å². The molecular weight excluding hydrogens is 495 g/mol. The molecule has 1 aliphatic rings. The summed E-state index contributed by atoms with van der Waals surface area (Å²) in [6, 6.07) is 12.7. The van der Waals surface area contributed by atoms with Crippen LogP contribution in [0, 0.1) is 11.3 Å². The van der Waals surface area contributed by atoms with E-state index in [1.165, 1.54) is 12.0 Å². The van der Waals surface area contributed by atoms with Crippen LogP contribution in [0.4, 0.5) is 11.4 Å². The van der Waals surface area contributed by atoms with Crippen LogP contribution in [0.25, 0.3) is 5.69 Å². The Morgan fingerprint density at radius 2 is 2.12 bits per heavy atom. The van der Waals surface area contributed by atoms with Crippen LogP contribution < -0.4 is 66.3 Å². The number of aromatic nitrogens is 4. The summed E-state index contributed by atoms with van der Waals surface area (Å²) in [5.41, 5.74) is 3.03. The van der Waals surface area contributed by atoms with Crippen LogP contribution >= 0.6 is 12.2 Å². The molecule has 11 nitrogen and oxygen atoms in total. The molecule has 0 saturated heterocycles. The molecule has 33 heavy (non-hydrogen) atoms. The molecule has 2 N–H and O–H groups in total. The molecule has 0 saturated carbocycles. The van der Waals surface area contributed by atoms with Gasteiger partial charge in [0.2, 0.25) is 4.77 Å². The number of ether oxygens (including phenoxy) is 2. The molecule has 169 valence electrons. The quantitative estimate of drug-likeness (QED) is 0.163. The second-order valence-corrected chi connectivity index (χ2v) is 8.75. The van der Waals surface area contributed by atoms with Crippen LogP contribution in [0.2, 0.25) is 0 Å². The summed E-state index contributed by atoms with van der Waals surface area (Å²) in [6.07, 6.45) is 0.191. The van der Waals surface area contributed by atoms with Crippen molar-refractivity contribution in [2.45, 2.75) is 12.5 Å². The SMILES string of the molecule is COC1[CH]N(CS(=O)(=O)[O-])c2ccc(OCNc3cccc(-n4[nH]nnc4=S)c3)cc2C1.[K+]. The number of rotatable bonds is 8. The van der Waals surface area contributed by atoms with Gasteiger partial charge in [0.05, 0.1) is 18.3 Å². The van der Waals surface area contributed by atoms with E-state index in [0.29, 0.717) is 22.6 Å². The molecule has 1 radical (unpaired) electrons. The average molecular weight is 516 g/mol. The largest absolute Gasteiger partial charge is 1.00 e. The number of tetrazole rings is 1. The van der Waals surface area contributed by atoms with Gasteiger partial charge in [-0.3, -0.25) is 0 Å². The van der Waals surface area contributed by atoms with Crippen LogP contribution in [0.1, 0.15) is 5.56 Å². The van der Waals surface area contributed by atoms with Crippen molar-refractivity contribution in [3.05, 3.63) is 59.3 Å². The van der Waals surface area contributed by atoms with E-state index < -0.39 is 16.0 Å². The third-order valence-electron chi connectivity index (χ3n) is 4.82. The molecule has 0 bridgehead atoms. The summed E-state index contributed by atoms with van der Waals surface area (Å²) in [6.45, 7) is 1.79. The van der Waals surface area contributed by atoms with Crippen molar-refractivity contribution in [2.75, 3.05) is 29.9 Å². The van der Waals surface area contributed by atoms with E-state index in [9.17, 15) is 13.0 Å². The Labute approximate surface area is 238 Å². The Morgan fingerprint density at radius 3 is 2.82 bits per heavy atom. The van der Waals surface area contributed by atoms with Gasteiger partial charge in [0.25, 0.3) is 0 Å². The number of hydrogen-bond acceptors (Lipinski definition) is 10. The normalized spacial score (nSPS) is 15.5. The van der Waals surface area contributed by atoms with E-state index in [1.807, 2.05) is 30.3 Å². The molecule has 2 aromatic carbocycles. The van der Waals surface area contributed by atoms with Crippen molar-refractivity contribution in [2.24, 2.45) is 0 Å². The fourth-order valence-electron chi connectivity index (χ4n) is 3.40. The van der Waals surface area contributed by atoms with E-state index in [2.05, 4.69) is 20.8 Å². The van der Waals surface area contributed by atoms with Gasteiger partial charge >= 0.3 is 51.4 Å². The zero-order chi connectivity index (χ0) is 22.7. The van der Waals surface area contributed by atoms with Crippen molar-refractivity contribution >= 4 is 33.7 Å². The first-order valence-corrected chi connectivity index (χ1v) is 11.5. The minimum atomic E-state index is -4.45. The van der Waals surface area contributed by atoms with E-state index in [-0.39, 0.29) is 64.2 Å². The summed E-state index contributed by atoms with van der Waals surface area (Å²) in [5, 5.41) is 13.3. The molecule has 1 aliphatic heterocycles. The number of benzene rings is 2. The Bertz CT molecular complexity index is 1270. The van der Waals surface area contributed by atoms with Crippen molar-refractivity contribution in [3.8, 4) is 11.4 Å². The molecule has 3 aromatic rings. The minimum Gasteiger partial charge on any atom is -0.747 e. The fraction of sp³-hybridized carbons (Fsp3) is 0.263. The summed E-state index contributed by atoms with van der Waals surface area (Å²) in [4.78, 5) is 1.40. The van der Waals surface area contributed by atoms with Crippen LogP contribution in [0.5, 0.6) is 5.75 Å². The maximum absolute atomic E-state index is 11.3. The number of anilines is 2. The minimum absolute atomic E-state index is 0. The maximum atomic E-state index is 11.3. The van der Waals surface area contributed by atoms with Crippen molar-refractivity contribution < 1.29 is 73.8 Å². The monoisotopic (exact) mass is 515 g/mol. The van der Waals surface area contributed by atoms with Gasteiger partial charge < -0.3 is 24.2 Å². The standard InChI is InChI=1S/C19H21N6O5S2.K/c1-29-17-8-13-7-16(5-6-18(13)24(10-17)12-32(26,27)28)30-11-20-14-3-2-4-15(9-14)25-19(31)21-22-23-25;/h2-7,9-10,17,20H,8,11-12H2,1H3,(H,21,23,31)(H,26,27,28);/q;+1/p-1. The number of aromatic amines is 1. The van der Waals surface area contributed by atoms with Gasteiger partial charge in [-0.25, -0.2) is 13.1 Å². The third-order valence-corrected chi connectivity index (χ3v) is 5.68. The van der Waals surface area contributed by atoms with E-state index >= 15 is 0 Å². The molecule has 0 amide bonds. The number of H-pyrrole nitrogens is 1. The van der Waals surface area contributed by atoms with Gasteiger partial charge in [0.1, 0.15) is 21.7 Å². The van der Waals surface area contributed by atoms with Crippen LogP contribution in [-0.4, -0.2) is 59.0 Å². The Kier molecular flexibility index (Phi) is 9.05. The van der Waals surface area contributed by atoms with Gasteiger partial charge in [0.15, 0.2) is 6.73 Å². The third kappa shape index (κ3) is 6.83. The summed E-state index contributed by atoms with van der Waals surface area (Å²) in [5.74, 6) is -0.0672. The first-order chi connectivity index (χ1) is 15.3. The van der Waals surface area contributed by atoms with Crippen LogP contribution in [-0.2, 0) is 21.3 Å². The zero-order valence-electron chi connectivity index (χ0n) is 18.0. The van der Waals surface area contributed by atoms with Gasteiger partial charge in [0, 0.05) is 24.9 Å². The second-order valence-electron chi connectivity index (χ2n) is 7.01. The van der Waals surface area contributed by atoms with Crippen LogP contribution in [0.15, 0.2) is 42.5 Å². The molecule has 1 aromatic heterocycles. The predicted octanol–water partition coefficient (Wildman–Crippen LogP) is -1.18. The van der Waals surface area contributed by atoms with Crippen molar-refractivity contribution in [1.82, 2.24) is 20.2 Å². The summed E-state index contributed by atoms with van der Waals surface area (Å²) in [7, 11) is -2.92. The van der Waals surface area contributed by atoms with Crippen molar-refractivity contribution in [3.63, 3.8) is 0 Å². The number of fused-ring (bicyclic) bond motifs is 1. The van der Waals surface area contributed by atoms with Crippen LogP contribution in [0.3, 0.4) is 0 Å². The number of nitrogens with one attached hydrogen (secondary N) is 2. The number of methoxy groups -OCH3 is 1. The molecule has 1 atom stereocenters. The predicted molar refractivity (Wildman–Crippen MR) is 118 cm³/mol. The van der Waals surface area contributed by atoms with E-state index in [1.54, 1.807) is 23.4 Å². The van der Waals surface area contributed by atoms with Gasteiger partial charge in [-0.05, 0) is 54.2 Å². The topological polar surface area (TPSA) is 137 Å². The van der Waals surface area contributed by atoms with Crippen molar-refractivity contribution in [1.29, 1.82) is 0 Å². The van der Waals surface area contributed by atoms with E-state index in [0.717, 1.165) is 16.9 Å². The molecular formula is C19H20KN6O5S2. The Morgan fingerprint density at radius 1 is 1.30 bits per heavy atom. The molecule has 0 spiro atoms. The first-order valence-electron chi connectivity index (χ1n) is 9.50. The fourth-order valence-corrected chi connectivity index (χ4v) is 4.15. The molecule has 0 fully saturated rings. The number of nitrogens with zero attached hydrogens (tertiary/aromatic N) is 4. The molecule has 0 aliphatic carbocycles. The smallest absolute Gasteiger partial charge is 0.747 e.